The van der Waals surface area contributed by atoms with E-state index in [-0.39, 0.29) is 5.91 Å². The molecule has 1 fully saturated rings. The van der Waals surface area contributed by atoms with E-state index in [0.29, 0.717) is 29.7 Å². The summed E-state index contributed by atoms with van der Waals surface area (Å²) in [5.74, 6) is 0.834. The van der Waals surface area contributed by atoms with Crippen LogP contribution in [-0.2, 0) is 4.79 Å². The zero-order valence-corrected chi connectivity index (χ0v) is 11.7. The van der Waals surface area contributed by atoms with Gasteiger partial charge in [-0.25, -0.2) is 0 Å². The average Bonchev–Trinajstić information content (AvgIpc) is 3.24. The van der Waals surface area contributed by atoms with E-state index >= 15 is 0 Å². The highest BCUT2D eigenvalue weighted by atomic mass is 16.5. The highest BCUT2D eigenvalue weighted by Crippen LogP contribution is 2.29. The molecule has 0 radical (unpaired) electrons. The monoisotopic (exact) mass is 274 g/mol. The van der Waals surface area contributed by atoms with Crippen LogP contribution in [0.4, 0.5) is 0 Å². The Bertz CT molecular complexity index is 532. The Morgan fingerprint density at radius 1 is 1.50 bits per heavy atom. The Morgan fingerprint density at radius 3 is 2.85 bits per heavy atom. The number of ether oxygens (including phenoxy) is 2. The molecule has 1 aliphatic carbocycles. The summed E-state index contributed by atoms with van der Waals surface area (Å²) in [6.07, 6.45) is 1.49. The van der Waals surface area contributed by atoms with Crippen LogP contribution >= 0.6 is 0 Å². The quantitative estimate of drug-likeness (QED) is 0.861. The number of amides is 1. The molecule has 1 aliphatic rings. The Hall–Kier alpha value is -2.22. The van der Waals surface area contributed by atoms with Gasteiger partial charge in [0.15, 0.2) is 17.6 Å². The van der Waals surface area contributed by atoms with Gasteiger partial charge in [0.05, 0.1) is 18.2 Å². The van der Waals surface area contributed by atoms with Crippen molar-refractivity contribution >= 4 is 5.91 Å². The van der Waals surface area contributed by atoms with Crippen molar-refractivity contribution < 1.29 is 14.3 Å². The fourth-order valence-corrected chi connectivity index (χ4v) is 1.73. The van der Waals surface area contributed by atoms with Crippen LogP contribution in [0.1, 0.15) is 32.3 Å². The van der Waals surface area contributed by atoms with Crippen LogP contribution in [0.2, 0.25) is 0 Å². The lowest BCUT2D eigenvalue weighted by Crippen LogP contribution is -2.37. The minimum atomic E-state index is -0.595. The molecule has 0 spiro atoms. The molecule has 0 heterocycles. The number of hydrogen-bond acceptors (Lipinski definition) is 4. The van der Waals surface area contributed by atoms with Crippen LogP contribution in [0.5, 0.6) is 11.5 Å². The van der Waals surface area contributed by atoms with Gasteiger partial charge in [0.1, 0.15) is 0 Å². The maximum absolute atomic E-state index is 11.9. The van der Waals surface area contributed by atoms with Crippen molar-refractivity contribution in [3.05, 3.63) is 23.8 Å². The maximum Gasteiger partial charge on any atom is 0.260 e. The number of carbonyl (C=O) groups excluding carboxylic acids is 1. The summed E-state index contributed by atoms with van der Waals surface area (Å²) in [4.78, 5) is 11.9. The molecule has 0 aromatic heterocycles. The normalized spacial score (nSPS) is 15.1. The molecule has 0 saturated heterocycles. The van der Waals surface area contributed by atoms with Crippen LogP contribution in [0.15, 0.2) is 18.2 Å². The number of nitrogens with zero attached hydrogens (tertiary/aromatic N) is 1. The lowest BCUT2D eigenvalue weighted by Gasteiger charge is -2.17. The third-order valence-electron chi connectivity index (χ3n) is 2.97. The second-order valence-corrected chi connectivity index (χ2v) is 4.75. The third-order valence-corrected chi connectivity index (χ3v) is 2.97. The number of carbonyl (C=O) groups is 1. The molecule has 1 aromatic rings. The molecule has 0 unspecified atom stereocenters. The van der Waals surface area contributed by atoms with Gasteiger partial charge >= 0.3 is 0 Å². The van der Waals surface area contributed by atoms with Crippen LogP contribution in [0.3, 0.4) is 0 Å². The fraction of sp³-hybridized carbons (Fsp3) is 0.467. The molecule has 2 rings (SSSR count). The standard InChI is InChI=1S/C15H18N2O3/c1-3-19-14-8-11(9-16)4-7-13(14)20-10(2)15(18)17-12-5-6-12/h4,7-8,10,12H,3,5-6H2,1-2H3,(H,17,18)/t10-/m0/s1. The summed E-state index contributed by atoms with van der Waals surface area (Å²) < 4.78 is 11.1. The Balaban J connectivity index is 2.06. The van der Waals surface area contributed by atoms with Gasteiger partial charge in [-0.1, -0.05) is 0 Å². The molecule has 5 heteroatoms. The molecule has 1 atom stereocenters. The van der Waals surface area contributed by atoms with Crippen molar-refractivity contribution in [2.45, 2.75) is 38.8 Å². The summed E-state index contributed by atoms with van der Waals surface area (Å²) in [5, 5.41) is 11.8. The molecule has 0 bridgehead atoms. The van der Waals surface area contributed by atoms with Crippen LogP contribution in [0, 0.1) is 11.3 Å². The molecule has 1 aromatic carbocycles. The van der Waals surface area contributed by atoms with E-state index in [0.717, 1.165) is 12.8 Å². The van der Waals surface area contributed by atoms with E-state index in [1.165, 1.54) is 0 Å². The topological polar surface area (TPSA) is 71.3 Å². The van der Waals surface area contributed by atoms with Crippen molar-refractivity contribution in [3.63, 3.8) is 0 Å². The first-order chi connectivity index (χ1) is 9.63. The minimum absolute atomic E-state index is 0.126. The van der Waals surface area contributed by atoms with Crippen LogP contribution in [-0.4, -0.2) is 24.7 Å². The van der Waals surface area contributed by atoms with Crippen molar-refractivity contribution in [1.82, 2.24) is 5.32 Å². The first-order valence-corrected chi connectivity index (χ1v) is 6.78. The summed E-state index contributed by atoms with van der Waals surface area (Å²) in [7, 11) is 0. The van der Waals surface area contributed by atoms with E-state index in [9.17, 15) is 4.79 Å². The Morgan fingerprint density at radius 2 is 2.25 bits per heavy atom. The summed E-state index contributed by atoms with van der Waals surface area (Å²) in [6, 6.07) is 7.27. The second-order valence-electron chi connectivity index (χ2n) is 4.75. The molecule has 20 heavy (non-hydrogen) atoms. The van der Waals surface area contributed by atoms with Crippen molar-refractivity contribution in [1.29, 1.82) is 5.26 Å². The fourth-order valence-electron chi connectivity index (χ4n) is 1.73. The second kappa shape index (κ2) is 6.29. The van der Waals surface area contributed by atoms with E-state index in [4.69, 9.17) is 14.7 Å². The molecule has 1 saturated carbocycles. The van der Waals surface area contributed by atoms with Crippen molar-refractivity contribution in [3.8, 4) is 17.6 Å². The van der Waals surface area contributed by atoms with Crippen molar-refractivity contribution in [2.75, 3.05) is 6.61 Å². The Kier molecular flexibility index (Phi) is 4.46. The summed E-state index contributed by atoms with van der Waals surface area (Å²) >= 11 is 0. The predicted molar refractivity (Wildman–Crippen MR) is 73.6 cm³/mol. The van der Waals surface area contributed by atoms with Gasteiger partial charge in [-0.05, 0) is 38.8 Å². The predicted octanol–water partition coefficient (Wildman–Crippen LogP) is 2.00. The zero-order chi connectivity index (χ0) is 14.5. The van der Waals surface area contributed by atoms with E-state index in [2.05, 4.69) is 5.32 Å². The number of benzene rings is 1. The average molecular weight is 274 g/mol. The highest BCUT2D eigenvalue weighted by Gasteiger charge is 2.26. The zero-order valence-electron chi connectivity index (χ0n) is 11.7. The largest absolute Gasteiger partial charge is 0.490 e. The lowest BCUT2D eigenvalue weighted by molar-refractivity contribution is -0.127. The molecular weight excluding hydrogens is 256 g/mol. The number of hydrogen-bond donors (Lipinski definition) is 1. The van der Waals surface area contributed by atoms with E-state index < -0.39 is 6.10 Å². The first kappa shape index (κ1) is 14.2. The molecular formula is C15H18N2O3. The SMILES string of the molecule is CCOc1cc(C#N)ccc1O[C@@H](C)C(=O)NC1CC1. The first-order valence-electron chi connectivity index (χ1n) is 6.78. The Labute approximate surface area is 118 Å². The number of rotatable bonds is 6. The minimum Gasteiger partial charge on any atom is -0.490 e. The number of nitriles is 1. The lowest BCUT2D eigenvalue weighted by atomic mass is 10.2. The molecule has 0 aliphatic heterocycles. The molecule has 1 N–H and O–H groups in total. The van der Waals surface area contributed by atoms with Gasteiger partial charge in [0, 0.05) is 12.1 Å². The smallest absolute Gasteiger partial charge is 0.260 e. The number of nitrogens with one attached hydrogen (secondary N) is 1. The van der Waals surface area contributed by atoms with Gasteiger partial charge in [-0.3, -0.25) is 4.79 Å². The van der Waals surface area contributed by atoms with Crippen LogP contribution < -0.4 is 14.8 Å². The maximum atomic E-state index is 11.9. The molecule has 5 nitrogen and oxygen atoms in total. The van der Waals surface area contributed by atoms with Gasteiger partial charge in [-0.2, -0.15) is 5.26 Å². The van der Waals surface area contributed by atoms with Gasteiger partial charge in [0.25, 0.3) is 5.91 Å². The molecule has 1 amide bonds. The van der Waals surface area contributed by atoms with Gasteiger partial charge in [0.2, 0.25) is 0 Å². The van der Waals surface area contributed by atoms with E-state index in [1.807, 2.05) is 13.0 Å². The van der Waals surface area contributed by atoms with Crippen LogP contribution in [0.25, 0.3) is 0 Å². The van der Waals surface area contributed by atoms with Gasteiger partial charge in [-0.15, -0.1) is 0 Å². The van der Waals surface area contributed by atoms with Gasteiger partial charge < -0.3 is 14.8 Å². The van der Waals surface area contributed by atoms with Crippen molar-refractivity contribution in [2.24, 2.45) is 0 Å². The summed E-state index contributed by atoms with van der Waals surface area (Å²) in [6.45, 7) is 4.02. The molecule has 106 valence electrons. The highest BCUT2D eigenvalue weighted by molar-refractivity contribution is 5.81. The third kappa shape index (κ3) is 3.64. The van der Waals surface area contributed by atoms with E-state index in [1.54, 1.807) is 25.1 Å². The summed E-state index contributed by atoms with van der Waals surface area (Å²) in [5.41, 5.74) is 0.496.